The van der Waals surface area contributed by atoms with Crippen LogP contribution in [-0.4, -0.2) is 0 Å². The van der Waals surface area contributed by atoms with Gasteiger partial charge in [0.1, 0.15) is 11.8 Å². The van der Waals surface area contributed by atoms with E-state index in [4.69, 9.17) is 0 Å². The first kappa shape index (κ1) is 16.8. The minimum absolute atomic E-state index is 0.562. The maximum atomic E-state index is 9.44. The highest BCUT2D eigenvalue weighted by atomic mass is 14.4. The summed E-state index contributed by atoms with van der Waals surface area (Å²) in [4.78, 5) is 0. The molecule has 114 valence electrons. The van der Waals surface area contributed by atoms with E-state index in [1.807, 2.05) is 84.9 Å². The second-order valence-corrected chi connectivity index (χ2v) is 5.34. The van der Waals surface area contributed by atoms with Crippen molar-refractivity contribution in [3.05, 3.63) is 71.8 Å². The van der Waals surface area contributed by atoms with Crippen LogP contribution in [0.3, 0.4) is 0 Å². The predicted molar refractivity (Wildman–Crippen MR) is 87.8 cm³/mol. The van der Waals surface area contributed by atoms with Crippen LogP contribution in [0, 0.1) is 57.2 Å². The molecule has 0 bridgehead atoms. The smallest absolute Gasteiger partial charge is 0.140 e. The standard InChI is InChI=1S/C20H14N4/c21-11-17(12-22)19(15-7-3-1-4-8-15)20(18(13-23)14-24)16-9-5-2-6-10-16/h1-10,17-20H. The molecular weight excluding hydrogens is 296 g/mol. The Bertz CT molecular complexity index is 730. The summed E-state index contributed by atoms with van der Waals surface area (Å²) in [6, 6.07) is 26.4. The molecule has 2 unspecified atom stereocenters. The normalized spacial score (nSPS) is 12.4. The lowest BCUT2D eigenvalue weighted by atomic mass is 9.70. The lowest BCUT2D eigenvalue weighted by Crippen LogP contribution is -2.24. The minimum atomic E-state index is -0.957. The molecule has 4 heteroatoms. The van der Waals surface area contributed by atoms with Crippen molar-refractivity contribution in [3.63, 3.8) is 0 Å². The molecule has 2 rings (SSSR count). The quantitative estimate of drug-likeness (QED) is 0.837. The van der Waals surface area contributed by atoms with E-state index in [1.165, 1.54) is 0 Å². The lowest BCUT2D eigenvalue weighted by molar-refractivity contribution is 0.452. The van der Waals surface area contributed by atoms with Crippen molar-refractivity contribution in [1.82, 2.24) is 0 Å². The van der Waals surface area contributed by atoms with Gasteiger partial charge >= 0.3 is 0 Å². The highest BCUT2D eigenvalue weighted by molar-refractivity contribution is 5.36. The van der Waals surface area contributed by atoms with Gasteiger partial charge < -0.3 is 0 Å². The van der Waals surface area contributed by atoms with E-state index in [0.717, 1.165) is 11.1 Å². The molecule has 0 radical (unpaired) electrons. The van der Waals surface area contributed by atoms with E-state index in [1.54, 1.807) is 0 Å². The Morgan fingerprint density at radius 3 is 1.04 bits per heavy atom. The van der Waals surface area contributed by atoms with Gasteiger partial charge in [-0.15, -0.1) is 0 Å². The summed E-state index contributed by atoms with van der Waals surface area (Å²) >= 11 is 0. The van der Waals surface area contributed by atoms with Gasteiger partial charge in [-0.2, -0.15) is 21.0 Å². The van der Waals surface area contributed by atoms with Crippen molar-refractivity contribution < 1.29 is 0 Å². The molecule has 0 aliphatic heterocycles. The predicted octanol–water partition coefficient (Wildman–Crippen LogP) is 3.88. The summed E-state index contributed by atoms with van der Waals surface area (Å²) in [5, 5.41) is 37.8. The van der Waals surface area contributed by atoms with E-state index in [-0.39, 0.29) is 0 Å². The Kier molecular flexibility index (Phi) is 5.69. The van der Waals surface area contributed by atoms with Crippen LogP contribution in [0.5, 0.6) is 0 Å². The summed E-state index contributed by atoms with van der Waals surface area (Å²) in [5.74, 6) is -3.04. The number of rotatable bonds is 5. The molecular formula is C20H14N4. The zero-order valence-electron chi connectivity index (χ0n) is 12.9. The van der Waals surface area contributed by atoms with Crippen LogP contribution in [0.15, 0.2) is 60.7 Å². The van der Waals surface area contributed by atoms with Crippen LogP contribution in [0.1, 0.15) is 23.0 Å². The van der Waals surface area contributed by atoms with Gasteiger partial charge in [-0.1, -0.05) is 60.7 Å². The van der Waals surface area contributed by atoms with Gasteiger partial charge in [-0.05, 0) is 11.1 Å². The van der Waals surface area contributed by atoms with Crippen molar-refractivity contribution in [2.75, 3.05) is 0 Å². The van der Waals surface area contributed by atoms with E-state index >= 15 is 0 Å². The molecule has 0 saturated heterocycles. The molecule has 2 atom stereocenters. The zero-order valence-corrected chi connectivity index (χ0v) is 12.9. The number of nitriles is 4. The molecule has 0 fully saturated rings. The molecule has 0 amide bonds. The molecule has 24 heavy (non-hydrogen) atoms. The van der Waals surface area contributed by atoms with Crippen molar-refractivity contribution in [1.29, 1.82) is 21.0 Å². The van der Waals surface area contributed by atoms with Gasteiger partial charge in [-0.3, -0.25) is 0 Å². The molecule has 0 aliphatic carbocycles. The van der Waals surface area contributed by atoms with E-state index in [9.17, 15) is 21.0 Å². The third kappa shape index (κ3) is 3.41. The molecule has 0 N–H and O–H groups in total. The van der Waals surface area contributed by atoms with Gasteiger partial charge in [0.15, 0.2) is 0 Å². The van der Waals surface area contributed by atoms with Crippen LogP contribution < -0.4 is 0 Å². The number of benzene rings is 2. The fourth-order valence-electron chi connectivity index (χ4n) is 2.94. The monoisotopic (exact) mass is 310 g/mol. The maximum absolute atomic E-state index is 9.44. The molecule has 2 aromatic carbocycles. The van der Waals surface area contributed by atoms with Crippen LogP contribution >= 0.6 is 0 Å². The van der Waals surface area contributed by atoms with Gasteiger partial charge in [0.25, 0.3) is 0 Å². The maximum Gasteiger partial charge on any atom is 0.140 e. The van der Waals surface area contributed by atoms with Gasteiger partial charge in [0.2, 0.25) is 0 Å². The lowest BCUT2D eigenvalue weighted by Gasteiger charge is -2.29. The first-order valence-electron chi connectivity index (χ1n) is 7.45. The van der Waals surface area contributed by atoms with Gasteiger partial charge in [0.05, 0.1) is 24.3 Å². The van der Waals surface area contributed by atoms with Crippen LogP contribution in [0.4, 0.5) is 0 Å². The SMILES string of the molecule is N#CC(C#N)C(c1ccccc1)C(c1ccccc1)C(C#N)C#N. The number of nitrogens with zero attached hydrogens (tertiary/aromatic N) is 4. The van der Waals surface area contributed by atoms with Crippen LogP contribution in [-0.2, 0) is 0 Å². The summed E-state index contributed by atoms with van der Waals surface area (Å²) in [6.07, 6.45) is 0. The number of hydrogen-bond donors (Lipinski definition) is 0. The molecule has 0 aliphatic rings. The molecule has 0 saturated carbocycles. The number of hydrogen-bond acceptors (Lipinski definition) is 4. The Morgan fingerprint density at radius 1 is 0.500 bits per heavy atom. The summed E-state index contributed by atoms with van der Waals surface area (Å²) in [6.45, 7) is 0. The van der Waals surface area contributed by atoms with E-state index in [2.05, 4.69) is 0 Å². The largest absolute Gasteiger partial charge is 0.197 e. The van der Waals surface area contributed by atoms with Crippen LogP contribution in [0.2, 0.25) is 0 Å². The third-order valence-electron chi connectivity index (χ3n) is 4.03. The summed E-state index contributed by atoms with van der Waals surface area (Å²) < 4.78 is 0. The van der Waals surface area contributed by atoms with Crippen molar-refractivity contribution in [2.24, 2.45) is 11.8 Å². The Labute approximate surface area is 141 Å². The van der Waals surface area contributed by atoms with Crippen molar-refractivity contribution in [3.8, 4) is 24.3 Å². The second-order valence-electron chi connectivity index (χ2n) is 5.34. The molecule has 2 aromatic rings. The highest BCUT2D eigenvalue weighted by Gasteiger charge is 2.37. The molecule has 0 aromatic heterocycles. The van der Waals surface area contributed by atoms with Gasteiger partial charge in [0, 0.05) is 11.8 Å². The van der Waals surface area contributed by atoms with Crippen molar-refractivity contribution in [2.45, 2.75) is 11.8 Å². The third-order valence-corrected chi connectivity index (χ3v) is 4.03. The van der Waals surface area contributed by atoms with E-state index < -0.39 is 23.7 Å². The molecule has 0 spiro atoms. The Hall–Kier alpha value is -3.60. The average molecular weight is 310 g/mol. The summed E-state index contributed by atoms with van der Waals surface area (Å²) in [7, 11) is 0. The Balaban J connectivity index is 2.67. The van der Waals surface area contributed by atoms with Crippen LogP contribution in [0.25, 0.3) is 0 Å². The van der Waals surface area contributed by atoms with Gasteiger partial charge in [-0.25, -0.2) is 0 Å². The van der Waals surface area contributed by atoms with Crippen molar-refractivity contribution >= 4 is 0 Å². The Morgan fingerprint density at radius 2 is 0.792 bits per heavy atom. The molecule has 4 nitrogen and oxygen atoms in total. The first-order chi connectivity index (χ1) is 11.8. The highest BCUT2D eigenvalue weighted by Crippen LogP contribution is 2.42. The minimum Gasteiger partial charge on any atom is -0.197 e. The summed E-state index contributed by atoms with van der Waals surface area (Å²) in [5.41, 5.74) is 1.55. The molecule has 0 heterocycles. The fourth-order valence-corrected chi connectivity index (χ4v) is 2.94. The first-order valence-corrected chi connectivity index (χ1v) is 7.45. The fraction of sp³-hybridized carbons (Fsp3) is 0.200. The average Bonchev–Trinajstić information content (AvgIpc) is 2.66. The second kappa shape index (κ2) is 8.14. The topological polar surface area (TPSA) is 95.2 Å². The zero-order chi connectivity index (χ0) is 17.4. The van der Waals surface area contributed by atoms with E-state index in [0.29, 0.717) is 0 Å².